The summed E-state index contributed by atoms with van der Waals surface area (Å²) in [4.78, 5) is 2.37. The molecule has 0 aromatic heterocycles. The van der Waals surface area contributed by atoms with Crippen molar-refractivity contribution in [2.75, 3.05) is 29.9 Å². The van der Waals surface area contributed by atoms with Gasteiger partial charge in [-0.3, -0.25) is 4.72 Å². The van der Waals surface area contributed by atoms with Crippen LogP contribution in [0.25, 0.3) is 0 Å². The number of nitrogens with zero attached hydrogens (tertiary/aromatic N) is 1. The molecule has 0 radical (unpaired) electrons. The summed E-state index contributed by atoms with van der Waals surface area (Å²) in [5.41, 5.74) is 2.63. The van der Waals surface area contributed by atoms with E-state index in [0.29, 0.717) is 11.1 Å². The normalized spacial score (nSPS) is 23.0. The van der Waals surface area contributed by atoms with Crippen molar-refractivity contribution in [1.82, 2.24) is 4.72 Å². The lowest BCUT2D eigenvalue weighted by Crippen LogP contribution is -2.42. The molecular weight excluding hydrogens is 462 g/mol. The van der Waals surface area contributed by atoms with Crippen molar-refractivity contribution in [3.63, 3.8) is 0 Å². The highest BCUT2D eigenvalue weighted by atomic mass is 35.5. The van der Waals surface area contributed by atoms with Gasteiger partial charge < -0.3 is 15.3 Å². The topological polar surface area (TPSA) is 47.5 Å². The van der Waals surface area contributed by atoms with E-state index in [1.165, 1.54) is 37.1 Å². The monoisotopic (exact) mass is 501 g/mol. The molecule has 0 bridgehead atoms. The van der Waals surface area contributed by atoms with E-state index in [-0.39, 0.29) is 4.75 Å². The minimum absolute atomic E-state index is 0.274. The molecule has 2 fully saturated rings. The summed E-state index contributed by atoms with van der Waals surface area (Å²) >= 11 is 7.89. The minimum atomic E-state index is -0.761. The summed E-state index contributed by atoms with van der Waals surface area (Å²) in [6.45, 7) is 9.53. The van der Waals surface area contributed by atoms with Gasteiger partial charge in [-0.2, -0.15) is 0 Å². The van der Waals surface area contributed by atoms with Crippen molar-refractivity contribution in [2.45, 2.75) is 75.7 Å². The molecule has 34 heavy (non-hydrogen) atoms. The molecule has 2 aromatic carbocycles. The maximum Gasteiger partial charge on any atom is 0.0930 e. The van der Waals surface area contributed by atoms with Gasteiger partial charge >= 0.3 is 0 Å². The third-order valence-corrected chi connectivity index (χ3v) is 8.49. The van der Waals surface area contributed by atoms with Crippen LogP contribution >= 0.6 is 23.5 Å². The van der Waals surface area contributed by atoms with Crippen molar-refractivity contribution >= 4 is 34.9 Å². The summed E-state index contributed by atoms with van der Waals surface area (Å²) in [6.07, 6.45) is 6.56. The number of aliphatic hydroxyl groups is 1. The van der Waals surface area contributed by atoms with Crippen LogP contribution in [0.3, 0.4) is 0 Å². The van der Waals surface area contributed by atoms with E-state index in [1.807, 2.05) is 36.2 Å². The van der Waals surface area contributed by atoms with E-state index in [2.05, 4.69) is 60.0 Å². The first-order valence-electron chi connectivity index (χ1n) is 12.7. The fourth-order valence-corrected chi connectivity index (χ4v) is 5.86. The van der Waals surface area contributed by atoms with Gasteiger partial charge in [0.05, 0.1) is 5.60 Å². The molecule has 4 rings (SSSR count). The van der Waals surface area contributed by atoms with Gasteiger partial charge in [-0.05, 0) is 107 Å². The molecule has 1 aliphatic heterocycles. The molecule has 0 unspecified atom stereocenters. The molecular formula is C28H40ClN3OS. The van der Waals surface area contributed by atoms with Gasteiger partial charge in [0.15, 0.2) is 0 Å². The van der Waals surface area contributed by atoms with Gasteiger partial charge in [0.2, 0.25) is 0 Å². The van der Waals surface area contributed by atoms with Crippen molar-refractivity contribution in [2.24, 2.45) is 5.92 Å². The van der Waals surface area contributed by atoms with Crippen LogP contribution in [-0.2, 0) is 5.60 Å². The average molecular weight is 502 g/mol. The summed E-state index contributed by atoms with van der Waals surface area (Å²) in [5.74, 6) is 0.755. The van der Waals surface area contributed by atoms with Gasteiger partial charge in [0, 0.05) is 46.8 Å². The van der Waals surface area contributed by atoms with Gasteiger partial charge in [-0.15, -0.1) is 0 Å². The standard InChI is InChI=1S/C28H40ClN3OS/c1-27(2,3)34-31-25-10-4-21(5-11-25)20-30-24-12-14-26(15-13-24)32-18-16-28(33,17-19-32)22-6-8-23(29)9-7-22/h6-9,12-15,21,25,30-31,33H,4-5,10-11,16-20H2,1-3H3. The second-order valence-electron chi connectivity index (χ2n) is 11.0. The average Bonchev–Trinajstić information content (AvgIpc) is 2.83. The molecule has 1 aliphatic carbocycles. The van der Waals surface area contributed by atoms with Crippen LogP contribution in [0.15, 0.2) is 48.5 Å². The van der Waals surface area contributed by atoms with E-state index in [1.54, 1.807) is 0 Å². The van der Waals surface area contributed by atoms with Crippen molar-refractivity contribution < 1.29 is 5.11 Å². The predicted octanol–water partition coefficient (Wildman–Crippen LogP) is 6.84. The number of halogens is 1. The molecule has 0 amide bonds. The molecule has 186 valence electrons. The highest BCUT2D eigenvalue weighted by molar-refractivity contribution is 7.98. The van der Waals surface area contributed by atoms with Crippen LogP contribution in [0.2, 0.25) is 5.02 Å². The molecule has 2 aromatic rings. The van der Waals surface area contributed by atoms with E-state index >= 15 is 0 Å². The van der Waals surface area contributed by atoms with Crippen molar-refractivity contribution in [3.05, 3.63) is 59.1 Å². The summed E-state index contributed by atoms with van der Waals surface area (Å²) in [5, 5.41) is 15.5. The fraction of sp³-hybridized carbons (Fsp3) is 0.571. The number of hydrogen-bond acceptors (Lipinski definition) is 5. The number of piperidine rings is 1. The Labute approximate surface area is 215 Å². The largest absolute Gasteiger partial charge is 0.385 e. The Morgan fingerprint density at radius 3 is 2.18 bits per heavy atom. The van der Waals surface area contributed by atoms with Crippen LogP contribution in [0.5, 0.6) is 0 Å². The zero-order valence-corrected chi connectivity index (χ0v) is 22.4. The highest BCUT2D eigenvalue weighted by Crippen LogP contribution is 2.35. The van der Waals surface area contributed by atoms with Gasteiger partial charge in [-0.1, -0.05) is 35.7 Å². The Bertz CT molecular complexity index is 897. The van der Waals surface area contributed by atoms with Crippen LogP contribution < -0.4 is 14.9 Å². The van der Waals surface area contributed by atoms with E-state index in [9.17, 15) is 5.11 Å². The molecule has 3 N–H and O–H groups in total. The van der Waals surface area contributed by atoms with Gasteiger partial charge in [-0.25, -0.2) is 0 Å². The van der Waals surface area contributed by atoms with Gasteiger partial charge in [0.25, 0.3) is 0 Å². The minimum Gasteiger partial charge on any atom is -0.385 e. The van der Waals surface area contributed by atoms with Crippen molar-refractivity contribution in [3.8, 4) is 0 Å². The Morgan fingerprint density at radius 2 is 1.59 bits per heavy atom. The second-order valence-corrected chi connectivity index (χ2v) is 13.1. The Balaban J connectivity index is 1.20. The number of nitrogens with one attached hydrogen (secondary N) is 2. The van der Waals surface area contributed by atoms with E-state index < -0.39 is 5.60 Å². The van der Waals surface area contributed by atoms with Crippen LogP contribution in [0, 0.1) is 5.92 Å². The van der Waals surface area contributed by atoms with Gasteiger partial charge in [0.1, 0.15) is 0 Å². The molecule has 0 spiro atoms. The molecule has 4 nitrogen and oxygen atoms in total. The first-order chi connectivity index (χ1) is 16.2. The Kier molecular flexibility index (Phi) is 8.40. The molecule has 1 saturated heterocycles. The maximum atomic E-state index is 11.1. The highest BCUT2D eigenvalue weighted by Gasteiger charge is 2.34. The van der Waals surface area contributed by atoms with Crippen LogP contribution in [0.4, 0.5) is 11.4 Å². The first-order valence-corrected chi connectivity index (χ1v) is 13.9. The quantitative estimate of drug-likeness (QED) is 0.363. The van der Waals surface area contributed by atoms with Crippen molar-refractivity contribution in [1.29, 1.82) is 0 Å². The second kappa shape index (κ2) is 11.1. The summed E-state index contributed by atoms with van der Waals surface area (Å²) < 4.78 is 3.95. The lowest BCUT2D eigenvalue weighted by atomic mass is 9.84. The van der Waals surface area contributed by atoms with E-state index in [0.717, 1.165) is 44.0 Å². The predicted molar refractivity (Wildman–Crippen MR) is 148 cm³/mol. The first kappa shape index (κ1) is 25.7. The van der Waals surface area contributed by atoms with Crippen LogP contribution in [0.1, 0.15) is 64.9 Å². The number of benzene rings is 2. The summed E-state index contributed by atoms with van der Waals surface area (Å²) in [6, 6.07) is 17.1. The molecule has 2 aliphatic rings. The Hall–Kier alpha value is -1.40. The lowest BCUT2D eigenvalue weighted by Gasteiger charge is -2.39. The fourth-order valence-electron chi connectivity index (χ4n) is 4.98. The number of hydrogen-bond donors (Lipinski definition) is 3. The molecule has 0 atom stereocenters. The molecule has 1 saturated carbocycles. The molecule has 1 heterocycles. The molecule has 6 heteroatoms. The van der Waals surface area contributed by atoms with E-state index in [4.69, 9.17) is 11.6 Å². The van der Waals surface area contributed by atoms with Crippen LogP contribution in [-0.4, -0.2) is 35.5 Å². The Morgan fingerprint density at radius 1 is 0.971 bits per heavy atom. The summed E-state index contributed by atoms with van der Waals surface area (Å²) in [7, 11) is 0. The maximum absolute atomic E-state index is 11.1. The third-order valence-electron chi connectivity index (χ3n) is 7.18. The smallest absolute Gasteiger partial charge is 0.0930 e. The number of anilines is 2. The zero-order chi connectivity index (χ0) is 24.2. The SMILES string of the molecule is CC(C)(C)SNC1CCC(CNc2ccc(N3CCC(O)(c4ccc(Cl)cc4)CC3)cc2)CC1. The third kappa shape index (κ3) is 7.07. The number of rotatable bonds is 7. The lowest BCUT2D eigenvalue weighted by molar-refractivity contribution is 0.0118. The zero-order valence-electron chi connectivity index (χ0n) is 20.8.